The number of Topliss-reactive ketones (excluding diaryl/α,β-unsaturated/α-hetero) is 1. The summed E-state index contributed by atoms with van der Waals surface area (Å²) >= 11 is 2.74. The van der Waals surface area contributed by atoms with E-state index >= 15 is 0 Å². The molecule has 0 spiro atoms. The monoisotopic (exact) mass is 412 g/mol. The summed E-state index contributed by atoms with van der Waals surface area (Å²) < 4.78 is 0.704. The van der Waals surface area contributed by atoms with Crippen LogP contribution in [0.25, 0.3) is 0 Å². The number of rotatable bonds is 7. The van der Waals surface area contributed by atoms with Crippen molar-refractivity contribution in [1.82, 2.24) is 10.2 Å². The van der Waals surface area contributed by atoms with E-state index in [-0.39, 0.29) is 16.9 Å². The fourth-order valence-corrected chi connectivity index (χ4v) is 4.34. The van der Waals surface area contributed by atoms with Gasteiger partial charge in [-0.25, -0.2) is 0 Å². The van der Waals surface area contributed by atoms with Crippen LogP contribution in [0, 0.1) is 6.92 Å². The van der Waals surface area contributed by atoms with Crippen molar-refractivity contribution in [1.29, 1.82) is 0 Å². The lowest BCUT2D eigenvalue weighted by Crippen LogP contribution is -2.22. The predicted octanol–water partition coefficient (Wildman–Crippen LogP) is 4.91. The fourth-order valence-electron chi connectivity index (χ4n) is 2.42. The molecule has 0 aliphatic heterocycles. The third-order valence-corrected chi connectivity index (χ3v) is 5.88. The minimum absolute atomic E-state index is 0.0407. The van der Waals surface area contributed by atoms with Gasteiger partial charge in [-0.3, -0.25) is 9.59 Å². The summed E-state index contributed by atoms with van der Waals surface area (Å²) in [5, 5.41) is 14.7. The average molecular weight is 413 g/mol. The molecule has 0 saturated heterocycles. The van der Waals surface area contributed by atoms with Crippen LogP contribution in [0.4, 0.5) is 16.5 Å². The molecule has 0 aliphatic carbocycles. The van der Waals surface area contributed by atoms with Crippen molar-refractivity contribution in [3.8, 4) is 0 Å². The van der Waals surface area contributed by atoms with E-state index in [4.69, 9.17) is 0 Å². The summed E-state index contributed by atoms with van der Waals surface area (Å²) in [6.45, 7) is 5.33. The molecular weight excluding hydrogens is 392 g/mol. The predicted molar refractivity (Wildman–Crippen MR) is 115 cm³/mol. The summed E-state index contributed by atoms with van der Waals surface area (Å²) in [4.78, 5) is 23.9. The van der Waals surface area contributed by atoms with Crippen molar-refractivity contribution < 1.29 is 9.59 Å². The Kier molecular flexibility index (Phi) is 6.43. The topological polar surface area (TPSA) is 84.0 Å². The Bertz CT molecular complexity index is 1000. The zero-order chi connectivity index (χ0) is 20.1. The molecule has 28 heavy (non-hydrogen) atoms. The minimum atomic E-state index is -0.360. The first-order chi connectivity index (χ1) is 13.4. The van der Waals surface area contributed by atoms with Gasteiger partial charge in [-0.05, 0) is 50.6 Å². The van der Waals surface area contributed by atoms with E-state index in [1.54, 1.807) is 24.3 Å². The molecule has 0 saturated carbocycles. The molecule has 1 amide bonds. The molecule has 6 nitrogen and oxygen atoms in total. The number of ketones is 1. The van der Waals surface area contributed by atoms with E-state index in [9.17, 15) is 9.59 Å². The maximum absolute atomic E-state index is 12.5. The van der Waals surface area contributed by atoms with Crippen LogP contribution in [-0.2, 0) is 4.79 Å². The zero-order valence-corrected chi connectivity index (χ0v) is 17.4. The highest BCUT2D eigenvalue weighted by Gasteiger charge is 2.18. The molecule has 0 bridgehead atoms. The van der Waals surface area contributed by atoms with Crippen LogP contribution >= 0.6 is 23.1 Å². The number of aromatic nitrogens is 2. The summed E-state index contributed by atoms with van der Waals surface area (Å²) in [6.07, 6.45) is 0. The quantitative estimate of drug-likeness (QED) is 0.424. The van der Waals surface area contributed by atoms with Crippen molar-refractivity contribution in [2.75, 3.05) is 10.6 Å². The lowest BCUT2D eigenvalue weighted by molar-refractivity contribution is -0.115. The van der Waals surface area contributed by atoms with Crippen LogP contribution in [0.3, 0.4) is 0 Å². The molecule has 0 fully saturated rings. The second-order valence-electron chi connectivity index (χ2n) is 6.25. The van der Waals surface area contributed by atoms with E-state index in [2.05, 4.69) is 20.8 Å². The molecule has 1 atom stereocenters. The number of benzene rings is 2. The van der Waals surface area contributed by atoms with Gasteiger partial charge in [0.2, 0.25) is 11.0 Å². The SMILES string of the molecule is CC(=O)c1cccc(NC(=O)[C@@H](C)Sc2nnc(Nc3cccc(C)c3)s2)c1. The third-order valence-electron chi connectivity index (χ3n) is 3.86. The second-order valence-corrected chi connectivity index (χ2v) is 8.82. The van der Waals surface area contributed by atoms with Gasteiger partial charge >= 0.3 is 0 Å². The summed E-state index contributed by atoms with van der Waals surface area (Å²) in [6, 6.07) is 14.9. The average Bonchev–Trinajstić information content (AvgIpc) is 3.08. The van der Waals surface area contributed by atoms with Gasteiger partial charge < -0.3 is 10.6 Å². The number of anilines is 3. The molecule has 1 aromatic heterocycles. The third kappa shape index (κ3) is 5.40. The number of carbonyl (C=O) groups is 2. The highest BCUT2D eigenvalue weighted by molar-refractivity contribution is 8.02. The van der Waals surface area contributed by atoms with Gasteiger partial charge in [-0.1, -0.05) is 47.4 Å². The number of nitrogens with zero attached hydrogens (tertiary/aromatic N) is 2. The van der Waals surface area contributed by atoms with E-state index in [0.29, 0.717) is 20.7 Å². The largest absolute Gasteiger partial charge is 0.330 e. The van der Waals surface area contributed by atoms with Gasteiger partial charge in [0.1, 0.15) is 0 Å². The van der Waals surface area contributed by atoms with Crippen molar-refractivity contribution in [2.45, 2.75) is 30.4 Å². The molecule has 0 radical (unpaired) electrons. The molecule has 0 unspecified atom stereocenters. The lowest BCUT2D eigenvalue weighted by Gasteiger charge is -2.10. The number of aryl methyl sites for hydroxylation is 1. The zero-order valence-electron chi connectivity index (χ0n) is 15.7. The molecule has 3 rings (SSSR count). The van der Waals surface area contributed by atoms with Crippen molar-refractivity contribution in [3.05, 3.63) is 59.7 Å². The van der Waals surface area contributed by atoms with Crippen molar-refractivity contribution >= 4 is 51.3 Å². The smallest absolute Gasteiger partial charge is 0.237 e. The Morgan fingerprint density at radius 1 is 1.07 bits per heavy atom. The molecule has 3 aromatic rings. The first-order valence-electron chi connectivity index (χ1n) is 8.66. The van der Waals surface area contributed by atoms with Gasteiger partial charge in [-0.15, -0.1) is 10.2 Å². The Labute approximate surface area is 171 Å². The summed E-state index contributed by atoms with van der Waals surface area (Å²) in [5.41, 5.74) is 3.27. The molecule has 2 N–H and O–H groups in total. The molecule has 144 valence electrons. The number of hydrogen-bond donors (Lipinski definition) is 2. The highest BCUT2D eigenvalue weighted by atomic mass is 32.2. The summed E-state index contributed by atoms with van der Waals surface area (Å²) in [7, 11) is 0. The molecule has 8 heteroatoms. The standard InChI is InChI=1S/C20H20N4O2S2/c1-12-6-4-8-16(10-12)22-19-23-24-20(28-19)27-14(3)18(26)21-17-9-5-7-15(11-17)13(2)25/h4-11,14H,1-3H3,(H,21,26)(H,22,23)/t14-/m1/s1. The fraction of sp³-hybridized carbons (Fsp3) is 0.200. The molecule has 0 aliphatic rings. The maximum atomic E-state index is 12.5. The van der Waals surface area contributed by atoms with Crippen LogP contribution < -0.4 is 10.6 Å². The Balaban J connectivity index is 1.59. The maximum Gasteiger partial charge on any atom is 0.237 e. The summed E-state index contributed by atoms with van der Waals surface area (Å²) in [5.74, 6) is -0.199. The van der Waals surface area contributed by atoms with Gasteiger partial charge in [-0.2, -0.15) is 0 Å². The molecule has 1 heterocycles. The van der Waals surface area contributed by atoms with Crippen molar-refractivity contribution in [3.63, 3.8) is 0 Å². The Morgan fingerprint density at radius 2 is 1.82 bits per heavy atom. The van der Waals surface area contributed by atoms with Gasteiger partial charge in [0.05, 0.1) is 5.25 Å². The van der Waals surface area contributed by atoms with E-state index in [1.807, 2.05) is 38.1 Å². The van der Waals surface area contributed by atoms with E-state index < -0.39 is 0 Å². The van der Waals surface area contributed by atoms with Crippen LogP contribution in [0.15, 0.2) is 52.9 Å². The van der Waals surface area contributed by atoms with Gasteiger partial charge in [0, 0.05) is 16.9 Å². The van der Waals surface area contributed by atoms with Crippen molar-refractivity contribution in [2.24, 2.45) is 0 Å². The van der Waals surface area contributed by atoms with E-state index in [1.165, 1.54) is 30.0 Å². The first kappa shape index (κ1) is 20.0. The number of carbonyl (C=O) groups excluding carboxylic acids is 2. The van der Waals surface area contributed by atoms with Crippen LogP contribution in [0.5, 0.6) is 0 Å². The van der Waals surface area contributed by atoms with E-state index in [0.717, 1.165) is 11.3 Å². The highest BCUT2D eigenvalue weighted by Crippen LogP contribution is 2.31. The van der Waals surface area contributed by atoms with Gasteiger partial charge in [0.15, 0.2) is 10.1 Å². The Hall–Kier alpha value is -2.71. The first-order valence-corrected chi connectivity index (χ1v) is 10.4. The second kappa shape index (κ2) is 8.99. The number of hydrogen-bond acceptors (Lipinski definition) is 7. The lowest BCUT2D eigenvalue weighted by atomic mass is 10.1. The van der Waals surface area contributed by atoms with Crippen LogP contribution in [0.2, 0.25) is 0 Å². The molecule has 2 aromatic carbocycles. The molecular formula is C20H20N4O2S2. The Morgan fingerprint density at radius 3 is 2.57 bits per heavy atom. The minimum Gasteiger partial charge on any atom is -0.330 e. The van der Waals surface area contributed by atoms with Crippen LogP contribution in [-0.4, -0.2) is 27.1 Å². The van der Waals surface area contributed by atoms with Crippen LogP contribution in [0.1, 0.15) is 29.8 Å². The normalized spacial score (nSPS) is 11.7. The number of nitrogens with one attached hydrogen (secondary N) is 2. The number of amides is 1. The number of thioether (sulfide) groups is 1. The van der Waals surface area contributed by atoms with Gasteiger partial charge in [0.25, 0.3) is 0 Å².